The molecule has 138 valence electrons. The van der Waals surface area contributed by atoms with E-state index in [0.717, 1.165) is 8.04 Å². The van der Waals surface area contributed by atoms with Gasteiger partial charge in [0.25, 0.3) is 5.91 Å². The fourth-order valence-corrected chi connectivity index (χ4v) is 3.20. The van der Waals surface area contributed by atoms with Crippen molar-refractivity contribution in [3.05, 3.63) is 68.2 Å². The van der Waals surface area contributed by atoms with Crippen molar-refractivity contribution in [2.75, 3.05) is 19.0 Å². The van der Waals surface area contributed by atoms with Gasteiger partial charge in [0.15, 0.2) is 11.5 Å². The maximum atomic E-state index is 12.4. The van der Waals surface area contributed by atoms with Gasteiger partial charge in [0.1, 0.15) is 18.2 Å². The molecule has 2 aromatic rings. The van der Waals surface area contributed by atoms with Gasteiger partial charge in [-0.15, -0.1) is 0 Å². The molecule has 0 aromatic heterocycles. The smallest absolute Gasteiger partial charge is 0.266 e. The molecule has 0 unspecified atom stereocenters. The molecule has 0 saturated carbocycles. The highest BCUT2D eigenvalue weighted by atomic mass is 127. The molecule has 5 nitrogen and oxygen atoms in total. The van der Waals surface area contributed by atoms with Crippen molar-refractivity contribution >= 4 is 56.2 Å². The summed E-state index contributed by atoms with van der Waals surface area (Å²) in [6, 6.07) is 12.6. The molecule has 0 aliphatic carbocycles. The lowest BCUT2D eigenvalue weighted by atomic mass is 10.1. The number of carbonyl (C=O) groups excluding carboxylic acids is 1. The molecule has 0 aliphatic heterocycles. The predicted molar refractivity (Wildman–Crippen MR) is 118 cm³/mol. The second kappa shape index (κ2) is 10.1. The van der Waals surface area contributed by atoms with Crippen molar-refractivity contribution in [2.24, 2.45) is 0 Å². The first-order valence-corrected chi connectivity index (χ1v) is 9.65. The van der Waals surface area contributed by atoms with Gasteiger partial charge in [-0.05, 0) is 70.6 Å². The Bertz CT molecular complexity index is 918. The maximum absolute atomic E-state index is 12.4. The van der Waals surface area contributed by atoms with Crippen LogP contribution in [0.15, 0.2) is 59.1 Å². The SMILES string of the molecule is C=CCOc1c(I)cc(/C=C(\C#N)C(=O)Nc2ccc(Br)cc2)cc1OC. The van der Waals surface area contributed by atoms with E-state index >= 15 is 0 Å². The third kappa shape index (κ3) is 5.84. The van der Waals surface area contributed by atoms with Gasteiger partial charge in [0, 0.05) is 10.2 Å². The Labute approximate surface area is 179 Å². The van der Waals surface area contributed by atoms with Crippen molar-refractivity contribution in [3.63, 3.8) is 0 Å². The van der Waals surface area contributed by atoms with E-state index in [-0.39, 0.29) is 5.57 Å². The largest absolute Gasteiger partial charge is 0.493 e. The first kappa shape index (κ1) is 21.0. The molecule has 0 saturated heterocycles. The van der Waals surface area contributed by atoms with E-state index in [4.69, 9.17) is 9.47 Å². The molecule has 0 atom stereocenters. The first-order chi connectivity index (χ1) is 13.0. The monoisotopic (exact) mass is 538 g/mol. The Hall–Kier alpha value is -2.31. The summed E-state index contributed by atoms with van der Waals surface area (Å²) >= 11 is 5.45. The highest BCUT2D eigenvalue weighted by Crippen LogP contribution is 2.34. The van der Waals surface area contributed by atoms with Crippen LogP contribution in [-0.4, -0.2) is 19.6 Å². The minimum atomic E-state index is -0.485. The quantitative estimate of drug-likeness (QED) is 0.228. The number of hydrogen-bond acceptors (Lipinski definition) is 4. The lowest BCUT2D eigenvalue weighted by molar-refractivity contribution is -0.112. The average Bonchev–Trinajstić information content (AvgIpc) is 2.66. The number of amides is 1. The average molecular weight is 539 g/mol. The molecule has 1 N–H and O–H groups in total. The third-order valence-electron chi connectivity index (χ3n) is 3.38. The van der Waals surface area contributed by atoms with Gasteiger partial charge in [-0.3, -0.25) is 4.79 Å². The number of methoxy groups -OCH3 is 1. The van der Waals surface area contributed by atoms with Crippen LogP contribution in [0.25, 0.3) is 6.08 Å². The van der Waals surface area contributed by atoms with Crippen LogP contribution < -0.4 is 14.8 Å². The van der Waals surface area contributed by atoms with Crippen molar-refractivity contribution in [2.45, 2.75) is 0 Å². The second-order valence-corrected chi connectivity index (χ2v) is 7.34. The molecule has 2 aromatic carbocycles. The molecule has 0 radical (unpaired) electrons. The third-order valence-corrected chi connectivity index (χ3v) is 4.71. The normalized spacial score (nSPS) is 10.7. The lowest BCUT2D eigenvalue weighted by Crippen LogP contribution is -2.13. The highest BCUT2D eigenvalue weighted by molar-refractivity contribution is 14.1. The van der Waals surface area contributed by atoms with Crippen molar-refractivity contribution in [1.82, 2.24) is 0 Å². The predicted octanol–water partition coefficient (Wildman–Crippen LogP) is 5.17. The van der Waals surface area contributed by atoms with Crippen LogP contribution in [-0.2, 0) is 4.79 Å². The van der Waals surface area contributed by atoms with Crippen LogP contribution in [0.5, 0.6) is 11.5 Å². The number of carbonyl (C=O) groups is 1. The van der Waals surface area contributed by atoms with E-state index < -0.39 is 5.91 Å². The number of nitriles is 1. The molecule has 0 aliphatic rings. The summed E-state index contributed by atoms with van der Waals surface area (Å²) in [6.45, 7) is 3.97. The van der Waals surface area contributed by atoms with Gasteiger partial charge in [0.05, 0.1) is 10.7 Å². The van der Waals surface area contributed by atoms with E-state index in [2.05, 4.69) is 50.4 Å². The lowest BCUT2D eigenvalue weighted by Gasteiger charge is -2.12. The summed E-state index contributed by atoms with van der Waals surface area (Å²) in [5, 5.41) is 12.1. The summed E-state index contributed by atoms with van der Waals surface area (Å²) in [4.78, 5) is 12.4. The molecule has 1 amide bonds. The van der Waals surface area contributed by atoms with Crippen LogP contribution >= 0.6 is 38.5 Å². The van der Waals surface area contributed by atoms with E-state index in [1.165, 1.54) is 13.2 Å². The fraction of sp³-hybridized carbons (Fsp3) is 0.100. The Balaban J connectivity index is 2.29. The van der Waals surface area contributed by atoms with E-state index in [0.29, 0.717) is 29.4 Å². The molecule has 7 heteroatoms. The number of nitrogens with zero attached hydrogens (tertiary/aromatic N) is 1. The summed E-state index contributed by atoms with van der Waals surface area (Å²) < 4.78 is 12.7. The Morgan fingerprint density at radius 3 is 2.67 bits per heavy atom. The molecule has 0 spiro atoms. The van der Waals surface area contributed by atoms with Crippen molar-refractivity contribution in [1.29, 1.82) is 5.26 Å². The number of ether oxygens (including phenoxy) is 2. The molecule has 0 bridgehead atoms. The summed E-state index contributed by atoms with van der Waals surface area (Å²) in [5.74, 6) is 0.620. The van der Waals surface area contributed by atoms with Crippen LogP contribution in [0.2, 0.25) is 0 Å². The number of anilines is 1. The number of halogens is 2. The van der Waals surface area contributed by atoms with Crippen LogP contribution in [0.4, 0.5) is 5.69 Å². The number of nitrogens with one attached hydrogen (secondary N) is 1. The number of rotatable bonds is 7. The van der Waals surface area contributed by atoms with Gasteiger partial charge < -0.3 is 14.8 Å². The fourth-order valence-electron chi connectivity index (χ4n) is 2.15. The molecular formula is C20H16BrIN2O3. The second-order valence-electron chi connectivity index (χ2n) is 5.26. The zero-order valence-electron chi connectivity index (χ0n) is 14.5. The number of hydrogen-bond donors (Lipinski definition) is 1. The summed E-state index contributed by atoms with van der Waals surface area (Å²) in [5.41, 5.74) is 1.24. The zero-order chi connectivity index (χ0) is 19.8. The number of benzene rings is 2. The molecular weight excluding hydrogens is 523 g/mol. The van der Waals surface area contributed by atoms with Gasteiger partial charge in [0.2, 0.25) is 0 Å². The first-order valence-electron chi connectivity index (χ1n) is 7.78. The zero-order valence-corrected chi connectivity index (χ0v) is 18.2. The highest BCUT2D eigenvalue weighted by Gasteiger charge is 2.14. The van der Waals surface area contributed by atoms with Crippen LogP contribution in [0.3, 0.4) is 0 Å². The molecule has 2 rings (SSSR count). The minimum Gasteiger partial charge on any atom is -0.493 e. The van der Waals surface area contributed by atoms with E-state index in [1.54, 1.807) is 36.4 Å². The summed E-state index contributed by atoms with van der Waals surface area (Å²) in [6.07, 6.45) is 3.15. The van der Waals surface area contributed by atoms with Gasteiger partial charge in [-0.1, -0.05) is 28.6 Å². The molecule has 27 heavy (non-hydrogen) atoms. The van der Waals surface area contributed by atoms with Crippen molar-refractivity contribution in [3.8, 4) is 17.6 Å². The maximum Gasteiger partial charge on any atom is 0.266 e. The minimum absolute atomic E-state index is 0.0180. The van der Waals surface area contributed by atoms with Crippen molar-refractivity contribution < 1.29 is 14.3 Å². The van der Waals surface area contributed by atoms with Crippen LogP contribution in [0.1, 0.15) is 5.56 Å². The van der Waals surface area contributed by atoms with Gasteiger partial charge in [-0.25, -0.2) is 0 Å². The Morgan fingerprint density at radius 2 is 2.07 bits per heavy atom. The van der Waals surface area contributed by atoms with Gasteiger partial charge in [-0.2, -0.15) is 5.26 Å². The topological polar surface area (TPSA) is 71.3 Å². The van der Waals surface area contributed by atoms with Gasteiger partial charge >= 0.3 is 0 Å². The molecule has 0 heterocycles. The Morgan fingerprint density at radius 1 is 1.37 bits per heavy atom. The van der Waals surface area contributed by atoms with E-state index in [1.807, 2.05) is 12.1 Å². The summed E-state index contributed by atoms with van der Waals surface area (Å²) in [7, 11) is 1.53. The Kier molecular flexibility index (Phi) is 7.88. The van der Waals surface area contributed by atoms with E-state index in [9.17, 15) is 10.1 Å². The van der Waals surface area contributed by atoms with Crippen LogP contribution in [0, 0.1) is 14.9 Å². The molecule has 0 fully saturated rings. The standard InChI is InChI=1S/C20H16BrIN2O3/c1-3-8-27-19-17(22)10-13(11-18(19)26-2)9-14(12-23)20(25)24-16-6-4-15(21)5-7-16/h3-7,9-11H,1,8H2,2H3,(H,24,25)/b14-9+.